The maximum atomic E-state index is 14.3. The summed E-state index contributed by atoms with van der Waals surface area (Å²) in [6, 6.07) is 15.7. The van der Waals surface area contributed by atoms with Crippen molar-refractivity contribution in [3.05, 3.63) is 93.0 Å². The van der Waals surface area contributed by atoms with Gasteiger partial charge in [0.15, 0.2) is 0 Å². The number of nitro benzene ring substituents is 1. The molecular weight excluding hydrogens is 620 g/mol. The van der Waals surface area contributed by atoms with E-state index < -0.39 is 33.4 Å². The normalized spacial score (nSPS) is 14.0. The Kier molecular flexibility index (Phi) is 11.1. The Bertz CT molecular complexity index is 1630. The van der Waals surface area contributed by atoms with Crippen LogP contribution in [0.3, 0.4) is 0 Å². The van der Waals surface area contributed by atoms with Crippen molar-refractivity contribution in [2.75, 3.05) is 18.0 Å². The lowest BCUT2D eigenvalue weighted by Gasteiger charge is -2.33. The molecular formula is C32H37ClN4O7S. The number of nitrogens with zero attached hydrogens (tertiary/aromatic N) is 3. The smallest absolute Gasteiger partial charge is 0.273 e. The molecule has 45 heavy (non-hydrogen) atoms. The molecule has 1 aliphatic rings. The maximum Gasteiger partial charge on any atom is 0.273 e. The first-order chi connectivity index (χ1) is 21.4. The molecule has 1 aliphatic carbocycles. The third kappa shape index (κ3) is 8.12. The number of hydrogen-bond acceptors (Lipinski definition) is 7. The highest BCUT2D eigenvalue weighted by atomic mass is 35.5. The zero-order chi connectivity index (χ0) is 32.7. The van der Waals surface area contributed by atoms with E-state index in [-0.39, 0.29) is 41.2 Å². The number of nitro groups is 1. The number of carbonyl (C=O) groups is 2. The Morgan fingerprint density at radius 1 is 1.07 bits per heavy atom. The second kappa shape index (κ2) is 14.7. The number of ether oxygens (including phenoxy) is 1. The van der Waals surface area contributed by atoms with Gasteiger partial charge >= 0.3 is 0 Å². The van der Waals surface area contributed by atoms with E-state index in [0.29, 0.717) is 21.9 Å². The van der Waals surface area contributed by atoms with Gasteiger partial charge in [0, 0.05) is 29.2 Å². The molecule has 4 rings (SSSR count). The molecule has 1 atom stereocenters. The Hall–Kier alpha value is -4.16. The topological polar surface area (TPSA) is 139 Å². The zero-order valence-electron chi connectivity index (χ0n) is 25.4. The zero-order valence-corrected chi connectivity index (χ0v) is 27.0. The van der Waals surface area contributed by atoms with Crippen molar-refractivity contribution < 1.29 is 27.7 Å². The average Bonchev–Trinajstić information content (AvgIpc) is 3.53. The highest BCUT2D eigenvalue weighted by Crippen LogP contribution is 2.30. The van der Waals surface area contributed by atoms with E-state index >= 15 is 0 Å². The Morgan fingerprint density at radius 3 is 2.29 bits per heavy atom. The summed E-state index contributed by atoms with van der Waals surface area (Å²) in [6.07, 6.45) is 4.04. The van der Waals surface area contributed by atoms with Crippen LogP contribution in [-0.4, -0.2) is 55.8 Å². The summed E-state index contributed by atoms with van der Waals surface area (Å²) < 4.78 is 34.4. The highest BCUT2D eigenvalue weighted by Gasteiger charge is 2.35. The Morgan fingerprint density at radius 2 is 1.71 bits per heavy atom. The SMILES string of the molecule is CC[C@@H](C(=O)NC1CCCC1)N(Cc1ccc(Cl)cc1)C(=O)CN(c1ccc(OC)cc1)S(=O)(=O)c1ccc(C)c([N+](=O)[O-])c1. The summed E-state index contributed by atoms with van der Waals surface area (Å²) in [7, 11) is -3.04. The number of halogens is 1. The molecule has 3 aromatic carbocycles. The number of amides is 2. The van der Waals surface area contributed by atoms with Gasteiger partial charge in [-0.25, -0.2) is 8.42 Å². The predicted octanol–water partition coefficient (Wildman–Crippen LogP) is 5.63. The standard InChI is InChI=1S/C32H37ClN4O7S/c1-4-29(32(39)34-25-7-5-6-8-25)35(20-23-10-12-24(33)13-11-23)31(38)21-36(26-14-16-27(44-3)17-15-26)45(42,43)28-18-9-22(2)30(19-28)37(40)41/h9-19,25,29H,4-8,20-21H2,1-3H3,(H,34,39)/t29-/m0/s1. The van der Waals surface area contributed by atoms with Gasteiger partial charge in [0.2, 0.25) is 11.8 Å². The summed E-state index contributed by atoms with van der Waals surface area (Å²) in [4.78, 5) is 39.8. The first-order valence-corrected chi connectivity index (χ1v) is 16.5. The van der Waals surface area contributed by atoms with Crippen LogP contribution in [0.4, 0.5) is 11.4 Å². The van der Waals surface area contributed by atoms with Crippen LogP contribution in [0.5, 0.6) is 5.75 Å². The summed E-state index contributed by atoms with van der Waals surface area (Å²) in [5.74, 6) is -0.466. The molecule has 0 radical (unpaired) electrons. The molecule has 1 fully saturated rings. The number of aryl methyl sites for hydroxylation is 1. The largest absolute Gasteiger partial charge is 0.497 e. The lowest BCUT2D eigenvalue weighted by atomic mass is 10.1. The summed E-state index contributed by atoms with van der Waals surface area (Å²) in [5, 5.41) is 15.2. The molecule has 11 nitrogen and oxygen atoms in total. The van der Waals surface area contributed by atoms with E-state index in [2.05, 4.69) is 5.32 Å². The van der Waals surface area contributed by atoms with E-state index in [1.54, 1.807) is 43.3 Å². The number of rotatable bonds is 13. The predicted molar refractivity (Wildman–Crippen MR) is 172 cm³/mol. The second-order valence-electron chi connectivity index (χ2n) is 11.0. The summed E-state index contributed by atoms with van der Waals surface area (Å²) in [6.45, 7) is 2.66. The van der Waals surface area contributed by atoms with E-state index in [9.17, 15) is 28.1 Å². The second-order valence-corrected chi connectivity index (χ2v) is 13.3. The molecule has 240 valence electrons. The van der Waals surface area contributed by atoms with E-state index in [4.69, 9.17) is 16.3 Å². The van der Waals surface area contributed by atoms with Gasteiger partial charge < -0.3 is 15.0 Å². The molecule has 0 aromatic heterocycles. The number of hydrogen-bond donors (Lipinski definition) is 1. The fraction of sp³-hybridized carbons (Fsp3) is 0.375. The maximum absolute atomic E-state index is 14.3. The van der Waals surface area contributed by atoms with Crippen LogP contribution in [0.2, 0.25) is 5.02 Å². The molecule has 0 saturated heterocycles. The van der Waals surface area contributed by atoms with Crippen LogP contribution in [0.25, 0.3) is 0 Å². The van der Waals surface area contributed by atoms with Crippen molar-refractivity contribution in [3.63, 3.8) is 0 Å². The lowest BCUT2D eigenvalue weighted by Crippen LogP contribution is -2.53. The van der Waals surface area contributed by atoms with Crippen LogP contribution in [0.1, 0.15) is 50.2 Å². The molecule has 1 saturated carbocycles. The third-order valence-electron chi connectivity index (χ3n) is 7.96. The van der Waals surface area contributed by atoms with Gasteiger partial charge in [-0.05, 0) is 74.2 Å². The van der Waals surface area contributed by atoms with Crippen molar-refractivity contribution in [2.45, 2.75) is 69.5 Å². The van der Waals surface area contributed by atoms with E-state index in [1.165, 1.54) is 43.2 Å². The number of carbonyl (C=O) groups excluding carboxylic acids is 2. The monoisotopic (exact) mass is 656 g/mol. The fourth-order valence-corrected chi connectivity index (χ4v) is 6.99. The lowest BCUT2D eigenvalue weighted by molar-refractivity contribution is -0.385. The summed E-state index contributed by atoms with van der Waals surface area (Å²) >= 11 is 6.08. The number of benzene rings is 3. The quantitative estimate of drug-likeness (QED) is 0.186. The van der Waals surface area contributed by atoms with Crippen LogP contribution < -0.4 is 14.4 Å². The molecule has 0 bridgehead atoms. The molecule has 0 spiro atoms. The van der Waals surface area contributed by atoms with Gasteiger partial charge in [-0.3, -0.25) is 24.0 Å². The molecule has 1 N–H and O–H groups in total. The number of sulfonamides is 1. The molecule has 0 aliphatic heterocycles. The van der Waals surface area contributed by atoms with Gasteiger partial charge in [-0.15, -0.1) is 0 Å². The van der Waals surface area contributed by atoms with Gasteiger partial charge in [-0.2, -0.15) is 0 Å². The fourth-order valence-electron chi connectivity index (χ4n) is 5.42. The van der Waals surface area contributed by atoms with Gasteiger partial charge in [0.25, 0.3) is 15.7 Å². The first-order valence-electron chi connectivity index (χ1n) is 14.7. The molecule has 2 amide bonds. The van der Waals surface area contributed by atoms with Crippen molar-refractivity contribution >= 4 is 44.8 Å². The molecule has 3 aromatic rings. The van der Waals surface area contributed by atoms with Crippen molar-refractivity contribution in [1.82, 2.24) is 10.2 Å². The molecule has 0 heterocycles. The highest BCUT2D eigenvalue weighted by molar-refractivity contribution is 7.92. The third-order valence-corrected chi connectivity index (χ3v) is 9.98. The van der Waals surface area contributed by atoms with Gasteiger partial charge in [-0.1, -0.05) is 49.6 Å². The van der Waals surface area contributed by atoms with Crippen LogP contribution >= 0.6 is 11.6 Å². The van der Waals surface area contributed by atoms with Crippen molar-refractivity contribution in [1.29, 1.82) is 0 Å². The number of anilines is 1. The van der Waals surface area contributed by atoms with E-state index in [1.807, 2.05) is 0 Å². The van der Waals surface area contributed by atoms with E-state index in [0.717, 1.165) is 36.1 Å². The first kappa shape index (κ1) is 33.7. The van der Waals surface area contributed by atoms with Gasteiger partial charge in [0.1, 0.15) is 18.3 Å². The number of nitrogens with one attached hydrogen (secondary N) is 1. The molecule has 13 heteroatoms. The molecule has 0 unspecified atom stereocenters. The Balaban J connectivity index is 1.75. The van der Waals surface area contributed by atoms with Crippen molar-refractivity contribution in [3.8, 4) is 5.75 Å². The van der Waals surface area contributed by atoms with Crippen molar-refractivity contribution in [2.24, 2.45) is 0 Å². The minimum Gasteiger partial charge on any atom is -0.497 e. The summed E-state index contributed by atoms with van der Waals surface area (Å²) in [5.41, 5.74) is 0.769. The van der Waals surface area contributed by atoms with Crippen LogP contribution in [-0.2, 0) is 26.2 Å². The minimum atomic E-state index is -4.50. The van der Waals surface area contributed by atoms with Crippen LogP contribution in [0, 0.1) is 17.0 Å². The van der Waals surface area contributed by atoms with Crippen LogP contribution in [0.15, 0.2) is 71.6 Å². The minimum absolute atomic E-state index is 0.0209. The van der Waals surface area contributed by atoms with Gasteiger partial charge in [0.05, 0.1) is 22.6 Å². The Labute approximate surface area is 268 Å². The average molecular weight is 657 g/mol. The number of methoxy groups -OCH3 is 1.